The molecule has 0 aliphatic rings. The number of amides is 1. The van der Waals surface area contributed by atoms with E-state index in [9.17, 15) is 9.18 Å². The molecule has 0 saturated heterocycles. The second kappa shape index (κ2) is 7.61. The second-order valence-corrected chi connectivity index (χ2v) is 6.49. The Morgan fingerprint density at radius 1 is 1.11 bits per heavy atom. The molecule has 1 N–H and O–H groups in total. The molecule has 0 atom stereocenters. The van der Waals surface area contributed by atoms with Gasteiger partial charge < -0.3 is 14.6 Å². The molecule has 0 bridgehead atoms. The van der Waals surface area contributed by atoms with Crippen molar-refractivity contribution in [2.45, 2.75) is 34.3 Å². The van der Waals surface area contributed by atoms with E-state index in [1.54, 1.807) is 26.0 Å². The largest absolute Gasteiger partial charge is 0.488 e. The highest BCUT2D eigenvalue weighted by molar-refractivity contribution is 6.03. The Hall–Kier alpha value is -3.15. The van der Waals surface area contributed by atoms with Crippen molar-refractivity contribution >= 4 is 11.6 Å². The molecule has 0 radical (unpaired) electrons. The smallest absolute Gasteiger partial charge is 0.278 e. The third kappa shape index (κ3) is 4.00. The maximum Gasteiger partial charge on any atom is 0.278 e. The molecule has 1 heterocycles. The van der Waals surface area contributed by atoms with Gasteiger partial charge in [-0.1, -0.05) is 29.4 Å². The maximum absolute atomic E-state index is 13.7. The summed E-state index contributed by atoms with van der Waals surface area (Å²) in [5.41, 5.74) is 3.55. The summed E-state index contributed by atoms with van der Waals surface area (Å²) >= 11 is 0. The van der Waals surface area contributed by atoms with Crippen LogP contribution in [0.5, 0.6) is 5.75 Å². The zero-order chi connectivity index (χ0) is 19.6. The molecule has 5 nitrogen and oxygen atoms in total. The highest BCUT2D eigenvalue weighted by atomic mass is 19.1. The van der Waals surface area contributed by atoms with Gasteiger partial charge in [0.15, 0.2) is 5.69 Å². The minimum atomic E-state index is -0.477. The van der Waals surface area contributed by atoms with Crippen molar-refractivity contribution in [1.29, 1.82) is 0 Å². The van der Waals surface area contributed by atoms with Gasteiger partial charge in [0.1, 0.15) is 23.9 Å². The number of para-hydroxylation sites is 1. The number of rotatable bonds is 5. The topological polar surface area (TPSA) is 64.4 Å². The molecule has 0 unspecified atom stereocenters. The van der Waals surface area contributed by atoms with Crippen molar-refractivity contribution < 1.29 is 18.4 Å². The van der Waals surface area contributed by atoms with Crippen LogP contribution in [0.3, 0.4) is 0 Å². The second-order valence-electron chi connectivity index (χ2n) is 6.49. The zero-order valence-electron chi connectivity index (χ0n) is 15.7. The molecule has 2 aromatic carbocycles. The highest BCUT2D eigenvalue weighted by Gasteiger charge is 2.21. The van der Waals surface area contributed by atoms with Crippen LogP contribution in [-0.2, 0) is 6.61 Å². The van der Waals surface area contributed by atoms with E-state index in [1.807, 2.05) is 32.0 Å². The molecule has 3 rings (SSSR count). The molecular formula is C21H21FN2O3. The first-order valence-corrected chi connectivity index (χ1v) is 8.58. The molecule has 1 amide bonds. The van der Waals surface area contributed by atoms with Crippen LogP contribution in [-0.4, -0.2) is 11.1 Å². The SMILES string of the molecule is Cc1ccc(NC(=O)c2noc(C)c2COc2c(C)cccc2C)cc1F. The number of anilines is 1. The highest BCUT2D eigenvalue weighted by Crippen LogP contribution is 2.25. The monoisotopic (exact) mass is 368 g/mol. The fourth-order valence-electron chi connectivity index (χ4n) is 2.77. The van der Waals surface area contributed by atoms with Crippen LogP contribution >= 0.6 is 0 Å². The van der Waals surface area contributed by atoms with Crippen molar-refractivity contribution in [2.24, 2.45) is 0 Å². The van der Waals surface area contributed by atoms with Crippen molar-refractivity contribution in [3.05, 3.63) is 75.9 Å². The lowest BCUT2D eigenvalue weighted by Crippen LogP contribution is -2.15. The van der Waals surface area contributed by atoms with Crippen LogP contribution < -0.4 is 10.1 Å². The third-order valence-electron chi connectivity index (χ3n) is 4.40. The van der Waals surface area contributed by atoms with E-state index in [2.05, 4.69) is 10.5 Å². The van der Waals surface area contributed by atoms with Crippen molar-refractivity contribution in [3.8, 4) is 5.75 Å². The summed E-state index contributed by atoms with van der Waals surface area (Å²) < 4.78 is 24.8. The van der Waals surface area contributed by atoms with E-state index in [0.717, 1.165) is 16.9 Å². The Bertz CT molecular complexity index is 975. The molecule has 0 aliphatic carbocycles. The van der Waals surface area contributed by atoms with Crippen LogP contribution in [0, 0.1) is 33.5 Å². The Morgan fingerprint density at radius 3 is 2.48 bits per heavy atom. The number of aryl methyl sites for hydroxylation is 4. The van der Waals surface area contributed by atoms with Gasteiger partial charge in [-0.2, -0.15) is 0 Å². The number of hydrogen-bond donors (Lipinski definition) is 1. The van der Waals surface area contributed by atoms with Crippen molar-refractivity contribution in [3.63, 3.8) is 0 Å². The Morgan fingerprint density at radius 2 is 1.81 bits per heavy atom. The van der Waals surface area contributed by atoms with Gasteiger partial charge >= 0.3 is 0 Å². The molecule has 0 saturated carbocycles. The maximum atomic E-state index is 13.7. The first-order chi connectivity index (χ1) is 12.9. The Balaban J connectivity index is 1.79. The Kier molecular flexibility index (Phi) is 5.26. The van der Waals surface area contributed by atoms with Gasteiger partial charge in [0.2, 0.25) is 0 Å². The lowest BCUT2D eigenvalue weighted by Gasteiger charge is -2.12. The van der Waals surface area contributed by atoms with E-state index < -0.39 is 5.91 Å². The molecule has 0 fully saturated rings. The van der Waals surface area contributed by atoms with Gasteiger partial charge in [0.25, 0.3) is 5.91 Å². The van der Waals surface area contributed by atoms with Crippen LogP contribution in [0.1, 0.15) is 38.5 Å². The van der Waals surface area contributed by atoms with E-state index in [1.165, 1.54) is 6.07 Å². The lowest BCUT2D eigenvalue weighted by atomic mass is 10.1. The summed E-state index contributed by atoms with van der Waals surface area (Å²) in [6, 6.07) is 10.4. The van der Waals surface area contributed by atoms with Gasteiger partial charge in [-0.3, -0.25) is 4.79 Å². The van der Waals surface area contributed by atoms with Crippen LogP contribution in [0.15, 0.2) is 40.9 Å². The van der Waals surface area contributed by atoms with Crippen LogP contribution in [0.25, 0.3) is 0 Å². The van der Waals surface area contributed by atoms with E-state index in [0.29, 0.717) is 22.6 Å². The van der Waals surface area contributed by atoms with Crippen LogP contribution in [0.4, 0.5) is 10.1 Å². The predicted molar refractivity (Wildman–Crippen MR) is 101 cm³/mol. The van der Waals surface area contributed by atoms with Gasteiger partial charge in [-0.05, 0) is 56.5 Å². The average molecular weight is 368 g/mol. The van der Waals surface area contributed by atoms with Gasteiger partial charge in [0, 0.05) is 5.69 Å². The summed E-state index contributed by atoms with van der Waals surface area (Å²) in [6.45, 7) is 7.44. The summed E-state index contributed by atoms with van der Waals surface area (Å²) in [5.74, 6) is 0.407. The average Bonchev–Trinajstić information content (AvgIpc) is 2.99. The molecule has 140 valence electrons. The summed E-state index contributed by atoms with van der Waals surface area (Å²) in [5, 5.41) is 6.49. The van der Waals surface area contributed by atoms with E-state index in [4.69, 9.17) is 9.26 Å². The molecule has 1 aromatic heterocycles. The molecule has 3 aromatic rings. The number of carbonyl (C=O) groups excluding carboxylic acids is 1. The summed E-state index contributed by atoms with van der Waals surface area (Å²) in [4.78, 5) is 12.6. The fraction of sp³-hybridized carbons (Fsp3) is 0.238. The first-order valence-electron chi connectivity index (χ1n) is 8.58. The van der Waals surface area contributed by atoms with Gasteiger partial charge in [-0.15, -0.1) is 0 Å². The van der Waals surface area contributed by atoms with Crippen molar-refractivity contribution in [2.75, 3.05) is 5.32 Å². The summed E-state index contributed by atoms with van der Waals surface area (Å²) in [6.07, 6.45) is 0. The molecule has 0 aliphatic heterocycles. The molecule has 0 spiro atoms. The van der Waals surface area contributed by atoms with Crippen LogP contribution in [0.2, 0.25) is 0 Å². The number of nitrogens with one attached hydrogen (secondary N) is 1. The number of benzene rings is 2. The molecule has 6 heteroatoms. The van der Waals surface area contributed by atoms with E-state index in [-0.39, 0.29) is 18.1 Å². The zero-order valence-corrected chi connectivity index (χ0v) is 15.7. The van der Waals surface area contributed by atoms with Gasteiger partial charge in [-0.25, -0.2) is 4.39 Å². The van der Waals surface area contributed by atoms with Gasteiger partial charge in [0.05, 0.1) is 5.56 Å². The molecular weight excluding hydrogens is 347 g/mol. The number of aromatic nitrogens is 1. The minimum absolute atomic E-state index is 0.125. The number of ether oxygens (including phenoxy) is 1. The standard InChI is InChI=1S/C21H21FN2O3/c1-12-8-9-16(10-18(12)22)23-21(25)19-17(15(4)27-24-19)11-26-20-13(2)6-5-7-14(20)3/h5-10H,11H2,1-4H3,(H,23,25). The lowest BCUT2D eigenvalue weighted by molar-refractivity contribution is 0.101. The van der Waals surface area contributed by atoms with Crippen molar-refractivity contribution in [1.82, 2.24) is 5.16 Å². The third-order valence-corrected chi connectivity index (χ3v) is 4.40. The number of halogens is 1. The molecule has 27 heavy (non-hydrogen) atoms. The number of nitrogens with zero attached hydrogens (tertiary/aromatic N) is 1. The fourth-order valence-corrected chi connectivity index (χ4v) is 2.77. The van der Waals surface area contributed by atoms with E-state index >= 15 is 0 Å². The predicted octanol–water partition coefficient (Wildman–Crippen LogP) is 4.88. The quantitative estimate of drug-likeness (QED) is 0.697. The first kappa shape index (κ1) is 18.6. The minimum Gasteiger partial charge on any atom is -0.488 e. The normalized spacial score (nSPS) is 10.7. The number of carbonyl (C=O) groups is 1. The Labute approximate surface area is 157 Å². The number of hydrogen-bond acceptors (Lipinski definition) is 4. The summed E-state index contributed by atoms with van der Waals surface area (Å²) in [7, 11) is 0.